The molecule has 1 aliphatic heterocycles. The predicted molar refractivity (Wildman–Crippen MR) is 157 cm³/mol. The number of carbonyl (C=O) groups is 1. The van der Waals surface area contributed by atoms with E-state index in [1.54, 1.807) is 7.11 Å². The largest absolute Gasteiger partial charge is 0.377 e. The van der Waals surface area contributed by atoms with Gasteiger partial charge in [0.2, 0.25) is 0 Å². The second-order valence-electron chi connectivity index (χ2n) is 10.7. The first-order valence-electron chi connectivity index (χ1n) is 12.6. The summed E-state index contributed by atoms with van der Waals surface area (Å²) in [6, 6.07) is 6.48. The lowest BCUT2D eigenvalue weighted by molar-refractivity contribution is -0.112. The van der Waals surface area contributed by atoms with Crippen LogP contribution in [0, 0.1) is 12.3 Å². The van der Waals surface area contributed by atoms with Crippen LogP contribution in [0.5, 0.6) is 0 Å². The van der Waals surface area contributed by atoms with Crippen LogP contribution in [0.25, 0.3) is 0 Å². The third-order valence-corrected chi connectivity index (χ3v) is 6.89. The van der Waals surface area contributed by atoms with Gasteiger partial charge in [0.15, 0.2) is 5.84 Å². The van der Waals surface area contributed by atoms with E-state index in [0.29, 0.717) is 18.8 Å². The molecule has 3 atom stereocenters. The molecule has 9 nitrogen and oxygen atoms in total. The van der Waals surface area contributed by atoms with Gasteiger partial charge in [-0.15, -0.1) is 24.8 Å². The van der Waals surface area contributed by atoms with Crippen LogP contribution >= 0.6 is 24.8 Å². The number of rotatable bonds is 10. The van der Waals surface area contributed by atoms with E-state index in [-0.39, 0.29) is 42.7 Å². The number of halogens is 2. The maximum absolute atomic E-state index is 12.5. The molecular formula is C26H45Cl2N7O2. The summed E-state index contributed by atoms with van der Waals surface area (Å²) in [6.45, 7) is 7.31. The Morgan fingerprint density at radius 2 is 1.89 bits per heavy atom. The SMILES string of the molecule is COC(C)(C)CN1C(C(N)=O)=NC(N[C@H]2CCCC[C@H]2NC(=N)CCN(C)C)c2cc(C)ccc21.Cl.Cl. The van der Waals surface area contributed by atoms with Crippen LogP contribution in [-0.2, 0) is 9.53 Å². The normalized spacial score (nSPS) is 21.3. The van der Waals surface area contributed by atoms with Crippen LogP contribution in [-0.4, -0.2) is 74.5 Å². The van der Waals surface area contributed by atoms with Gasteiger partial charge in [-0.25, -0.2) is 4.99 Å². The molecule has 2 aliphatic rings. The Kier molecular flexibility index (Phi) is 12.8. The van der Waals surface area contributed by atoms with Gasteiger partial charge in [0.05, 0.1) is 18.0 Å². The van der Waals surface area contributed by atoms with Gasteiger partial charge in [-0.2, -0.15) is 0 Å². The zero-order chi connectivity index (χ0) is 25.8. The summed E-state index contributed by atoms with van der Waals surface area (Å²) in [5.74, 6) is 0.244. The maximum Gasteiger partial charge on any atom is 0.284 e. The summed E-state index contributed by atoms with van der Waals surface area (Å²) in [6.07, 6.45) is 4.53. The summed E-state index contributed by atoms with van der Waals surface area (Å²) in [4.78, 5) is 21.3. The molecule has 1 fully saturated rings. The molecule has 37 heavy (non-hydrogen) atoms. The number of hydrogen-bond donors (Lipinski definition) is 4. The number of ether oxygens (including phenoxy) is 1. The maximum atomic E-state index is 12.5. The van der Waals surface area contributed by atoms with E-state index >= 15 is 0 Å². The highest BCUT2D eigenvalue weighted by Crippen LogP contribution is 2.35. The fraction of sp³-hybridized carbons (Fsp3) is 0.654. The van der Waals surface area contributed by atoms with Crippen molar-refractivity contribution in [2.45, 2.75) is 76.7 Å². The van der Waals surface area contributed by atoms with Gasteiger partial charge in [-0.05, 0) is 53.8 Å². The molecule has 0 aromatic heterocycles. The number of amides is 1. The van der Waals surface area contributed by atoms with Gasteiger partial charge in [0.1, 0.15) is 6.17 Å². The number of aliphatic imine (C=N–C) groups is 1. The molecule has 5 N–H and O–H groups in total. The Morgan fingerprint density at radius 3 is 2.49 bits per heavy atom. The number of primary amides is 1. The van der Waals surface area contributed by atoms with Crippen LogP contribution < -0.4 is 21.3 Å². The fourth-order valence-electron chi connectivity index (χ4n) is 4.78. The van der Waals surface area contributed by atoms with E-state index in [9.17, 15) is 4.79 Å². The molecule has 1 amide bonds. The third kappa shape index (κ3) is 8.82. The van der Waals surface area contributed by atoms with Gasteiger partial charge < -0.3 is 25.6 Å². The van der Waals surface area contributed by atoms with Crippen LogP contribution in [0.4, 0.5) is 5.69 Å². The second-order valence-corrected chi connectivity index (χ2v) is 10.7. The minimum absolute atomic E-state index is 0. The molecule has 0 saturated heterocycles. The Hall–Kier alpha value is -1.91. The minimum Gasteiger partial charge on any atom is -0.377 e. The number of hydrogen-bond acceptors (Lipinski definition) is 7. The van der Waals surface area contributed by atoms with Crippen molar-refractivity contribution in [3.8, 4) is 0 Å². The zero-order valence-corrected chi connectivity index (χ0v) is 24.6. The number of benzene rings is 1. The van der Waals surface area contributed by atoms with Gasteiger partial charge >= 0.3 is 0 Å². The molecule has 0 spiro atoms. The molecule has 0 radical (unpaired) electrons. The smallest absolute Gasteiger partial charge is 0.284 e. The monoisotopic (exact) mass is 557 g/mol. The topological polar surface area (TPSA) is 119 Å². The van der Waals surface area contributed by atoms with Crippen molar-refractivity contribution in [3.05, 3.63) is 29.3 Å². The van der Waals surface area contributed by atoms with Gasteiger partial charge in [-0.3, -0.25) is 15.5 Å². The highest BCUT2D eigenvalue weighted by Gasteiger charge is 2.36. The number of anilines is 1. The number of fused-ring (bicyclic) bond motifs is 1. The molecule has 1 heterocycles. The lowest BCUT2D eigenvalue weighted by atomic mass is 9.89. The molecule has 1 aliphatic carbocycles. The van der Waals surface area contributed by atoms with E-state index in [0.717, 1.165) is 49.0 Å². The van der Waals surface area contributed by atoms with E-state index in [2.05, 4.69) is 28.5 Å². The van der Waals surface area contributed by atoms with Crippen molar-refractivity contribution in [2.24, 2.45) is 10.7 Å². The fourth-order valence-corrected chi connectivity index (χ4v) is 4.78. The van der Waals surface area contributed by atoms with Crippen molar-refractivity contribution < 1.29 is 9.53 Å². The van der Waals surface area contributed by atoms with Crippen molar-refractivity contribution >= 4 is 48.1 Å². The average Bonchev–Trinajstić information content (AvgIpc) is 2.80. The highest BCUT2D eigenvalue weighted by molar-refractivity contribution is 6.43. The summed E-state index contributed by atoms with van der Waals surface area (Å²) in [5, 5.41) is 15.6. The molecule has 1 saturated carbocycles. The lowest BCUT2D eigenvalue weighted by Gasteiger charge is -2.40. The van der Waals surface area contributed by atoms with E-state index in [1.165, 1.54) is 0 Å². The molecule has 1 aromatic rings. The summed E-state index contributed by atoms with van der Waals surface area (Å²) in [7, 11) is 5.70. The van der Waals surface area contributed by atoms with Crippen molar-refractivity contribution in [1.29, 1.82) is 5.41 Å². The van der Waals surface area contributed by atoms with Crippen LogP contribution in [0.2, 0.25) is 0 Å². The average molecular weight is 559 g/mol. The molecule has 3 rings (SSSR count). The summed E-state index contributed by atoms with van der Waals surface area (Å²) < 4.78 is 5.65. The van der Waals surface area contributed by atoms with Crippen molar-refractivity contribution in [1.82, 2.24) is 15.5 Å². The van der Waals surface area contributed by atoms with Crippen LogP contribution in [0.1, 0.15) is 63.2 Å². The van der Waals surface area contributed by atoms with Crippen molar-refractivity contribution in [3.63, 3.8) is 0 Å². The molecule has 1 aromatic carbocycles. The number of aryl methyl sites for hydroxylation is 1. The number of carbonyl (C=O) groups excluding carboxylic acids is 1. The molecular weight excluding hydrogens is 513 g/mol. The van der Waals surface area contributed by atoms with E-state index in [4.69, 9.17) is 20.9 Å². The number of methoxy groups -OCH3 is 1. The van der Waals surface area contributed by atoms with Crippen LogP contribution in [0.3, 0.4) is 0 Å². The molecule has 0 bridgehead atoms. The van der Waals surface area contributed by atoms with Crippen LogP contribution in [0.15, 0.2) is 23.2 Å². The summed E-state index contributed by atoms with van der Waals surface area (Å²) in [5.41, 5.74) is 8.40. The molecule has 1 unspecified atom stereocenters. The lowest BCUT2D eigenvalue weighted by Crippen LogP contribution is -2.54. The quantitative estimate of drug-likeness (QED) is 0.258. The molecule has 210 valence electrons. The Morgan fingerprint density at radius 1 is 1.24 bits per heavy atom. The second kappa shape index (κ2) is 14.3. The number of amidine groups is 2. The number of nitrogens with two attached hydrogens (primary N) is 1. The van der Waals surface area contributed by atoms with Gasteiger partial charge in [0, 0.05) is 43.4 Å². The molecule has 11 heteroatoms. The van der Waals surface area contributed by atoms with E-state index in [1.807, 2.05) is 45.0 Å². The third-order valence-electron chi connectivity index (χ3n) is 6.89. The first-order valence-corrected chi connectivity index (χ1v) is 12.6. The zero-order valence-electron chi connectivity index (χ0n) is 23.0. The van der Waals surface area contributed by atoms with E-state index < -0.39 is 17.7 Å². The standard InChI is InChI=1S/C26H43N7O2.2ClH/c1-17-11-12-21-18(15-17)24(31-25(23(28)34)33(21)16-26(2,3)35-6)30-20-10-8-7-9-19(20)29-22(27)13-14-32(4)5;;/h11-12,15,19-20,24,30H,7-10,13-14,16H2,1-6H3,(H2,27,29)(H2,28,34);2*1H/t19-,20+,24?;;/m1../s1. The predicted octanol–water partition coefficient (Wildman–Crippen LogP) is 3.39. The van der Waals surface area contributed by atoms with Crippen molar-refractivity contribution in [2.75, 3.05) is 39.2 Å². The number of nitrogens with zero attached hydrogens (tertiary/aromatic N) is 3. The highest BCUT2D eigenvalue weighted by atomic mass is 35.5. The Labute approximate surface area is 234 Å². The first kappa shape index (κ1) is 33.1. The Balaban J connectivity index is 0.00000342. The van der Waals surface area contributed by atoms with Gasteiger partial charge in [-0.1, -0.05) is 30.5 Å². The summed E-state index contributed by atoms with van der Waals surface area (Å²) >= 11 is 0. The minimum atomic E-state index is -0.557. The first-order chi connectivity index (χ1) is 16.5. The Bertz CT molecular complexity index is 955. The number of nitrogens with one attached hydrogen (secondary N) is 3. The van der Waals surface area contributed by atoms with Gasteiger partial charge in [0.25, 0.3) is 5.91 Å².